The highest BCUT2D eigenvalue weighted by Crippen LogP contribution is 2.25. The van der Waals surface area contributed by atoms with Gasteiger partial charge in [0.2, 0.25) is 5.95 Å². The van der Waals surface area contributed by atoms with Crippen LogP contribution >= 0.6 is 15.9 Å². The third-order valence-electron chi connectivity index (χ3n) is 3.56. The standard InChI is InChI=1S/C13H21BrN6O2/c1-10-11(14)12(17-19-2-6-21-7-3-19)16-13(15-10)18-20-4-8-22-9-5-20/h2-9H2,1H3,(H2,15,16,17,18). The summed E-state index contributed by atoms with van der Waals surface area (Å²) in [4.78, 5) is 9.06. The number of halogens is 1. The van der Waals surface area contributed by atoms with E-state index in [0.717, 1.165) is 68.6 Å². The molecule has 2 saturated heterocycles. The second-order valence-electron chi connectivity index (χ2n) is 5.22. The lowest BCUT2D eigenvalue weighted by Crippen LogP contribution is -2.41. The van der Waals surface area contributed by atoms with Gasteiger partial charge in [-0.1, -0.05) is 0 Å². The maximum atomic E-state index is 5.36. The highest BCUT2D eigenvalue weighted by molar-refractivity contribution is 9.10. The zero-order valence-corrected chi connectivity index (χ0v) is 14.2. The molecule has 0 aliphatic carbocycles. The number of nitrogens with zero attached hydrogens (tertiary/aromatic N) is 4. The largest absolute Gasteiger partial charge is 0.379 e. The molecule has 2 fully saturated rings. The van der Waals surface area contributed by atoms with E-state index in [1.807, 2.05) is 6.92 Å². The third-order valence-corrected chi connectivity index (χ3v) is 4.51. The van der Waals surface area contributed by atoms with Crippen molar-refractivity contribution in [3.8, 4) is 0 Å². The molecule has 0 atom stereocenters. The molecular formula is C13H21BrN6O2. The van der Waals surface area contributed by atoms with E-state index < -0.39 is 0 Å². The number of nitrogens with one attached hydrogen (secondary N) is 2. The molecule has 1 aromatic heterocycles. The van der Waals surface area contributed by atoms with Gasteiger partial charge < -0.3 is 14.9 Å². The lowest BCUT2D eigenvalue weighted by Gasteiger charge is -2.29. The number of aromatic nitrogens is 2. The van der Waals surface area contributed by atoms with Gasteiger partial charge in [0.05, 0.1) is 36.6 Å². The zero-order valence-electron chi connectivity index (χ0n) is 12.6. The maximum Gasteiger partial charge on any atom is 0.239 e. The van der Waals surface area contributed by atoms with Crippen molar-refractivity contribution in [2.75, 3.05) is 63.5 Å². The van der Waals surface area contributed by atoms with E-state index in [9.17, 15) is 0 Å². The average Bonchev–Trinajstić information content (AvgIpc) is 2.54. The van der Waals surface area contributed by atoms with Crippen molar-refractivity contribution in [1.29, 1.82) is 0 Å². The molecule has 8 nitrogen and oxygen atoms in total. The number of hydrogen-bond acceptors (Lipinski definition) is 8. The number of hydrazine groups is 2. The summed E-state index contributed by atoms with van der Waals surface area (Å²) in [5.41, 5.74) is 7.48. The van der Waals surface area contributed by atoms with Gasteiger partial charge in [0.25, 0.3) is 0 Å². The highest BCUT2D eigenvalue weighted by atomic mass is 79.9. The fraction of sp³-hybridized carbons (Fsp3) is 0.692. The Morgan fingerprint density at radius 1 is 0.909 bits per heavy atom. The first-order valence-electron chi connectivity index (χ1n) is 7.45. The molecule has 2 N–H and O–H groups in total. The van der Waals surface area contributed by atoms with Gasteiger partial charge in [-0.15, -0.1) is 0 Å². The van der Waals surface area contributed by atoms with Crippen LogP contribution in [-0.2, 0) is 9.47 Å². The minimum atomic E-state index is 0.596. The topological polar surface area (TPSA) is 74.8 Å². The van der Waals surface area contributed by atoms with E-state index in [1.54, 1.807) is 0 Å². The van der Waals surface area contributed by atoms with E-state index >= 15 is 0 Å². The van der Waals surface area contributed by atoms with Gasteiger partial charge in [0.15, 0.2) is 5.82 Å². The smallest absolute Gasteiger partial charge is 0.239 e. The predicted molar refractivity (Wildman–Crippen MR) is 86.5 cm³/mol. The first-order valence-corrected chi connectivity index (χ1v) is 8.24. The molecule has 9 heteroatoms. The van der Waals surface area contributed by atoms with Crippen LogP contribution in [0.3, 0.4) is 0 Å². The summed E-state index contributed by atoms with van der Waals surface area (Å²) >= 11 is 3.56. The van der Waals surface area contributed by atoms with Crippen LogP contribution in [0, 0.1) is 6.92 Å². The number of aryl methyl sites for hydroxylation is 1. The second kappa shape index (κ2) is 7.51. The van der Waals surface area contributed by atoms with Gasteiger partial charge >= 0.3 is 0 Å². The summed E-state index contributed by atoms with van der Waals surface area (Å²) in [6.07, 6.45) is 0. The van der Waals surface area contributed by atoms with Crippen molar-refractivity contribution >= 4 is 27.7 Å². The minimum Gasteiger partial charge on any atom is -0.379 e. The number of anilines is 2. The fourth-order valence-corrected chi connectivity index (χ4v) is 2.59. The van der Waals surface area contributed by atoms with E-state index in [4.69, 9.17) is 9.47 Å². The van der Waals surface area contributed by atoms with E-state index in [1.165, 1.54) is 0 Å². The quantitative estimate of drug-likeness (QED) is 0.806. The van der Waals surface area contributed by atoms with Gasteiger partial charge in [-0.25, -0.2) is 15.0 Å². The molecule has 0 aromatic carbocycles. The number of hydrogen-bond donors (Lipinski definition) is 2. The Bertz CT molecular complexity index is 506. The fourth-order valence-electron chi connectivity index (χ4n) is 2.32. The molecule has 0 unspecified atom stereocenters. The van der Waals surface area contributed by atoms with Crippen molar-refractivity contribution in [3.63, 3.8) is 0 Å². The van der Waals surface area contributed by atoms with E-state index in [0.29, 0.717) is 5.95 Å². The molecule has 3 rings (SSSR count). The van der Waals surface area contributed by atoms with Gasteiger partial charge in [-0.05, 0) is 22.9 Å². The van der Waals surface area contributed by atoms with Crippen LogP contribution in [-0.4, -0.2) is 72.6 Å². The van der Waals surface area contributed by atoms with Crippen molar-refractivity contribution in [2.24, 2.45) is 0 Å². The van der Waals surface area contributed by atoms with Crippen molar-refractivity contribution < 1.29 is 9.47 Å². The minimum absolute atomic E-state index is 0.596. The highest BCUT2D eigenvalue weighted by Gasteiger charge is 2.17. The Hall–Kier alpha value is -1.00. The second-order valence-corrected chi connectivity index (χ2v) is 6.01. The predicted octanol–water partition coefficient (Wildman–Crippen LogP) is 0.866. The van der Waals surface area contributed by atoms with Gasteiger partial charge in [0, 0.05) is 26.2 Å². The monoisotopic (exact) mass is 372 g/mol. The Kier molecular flexibility index (Phi) is 5.42. The molecule has 0 amide bonds. The van der Waals surface area contributed by atoms with Gasteiger partial charge in [-0.3, -0.25) is 5.43 Å². The van der Waals surface area contributed by atoms with Gasteiger partial charge in [0.1, 0.15) is 0 Å². The summed E-state index contributed by atoms with van der Waals surface area (Å²) in [5.74, 6) is 1.36. The SMILES string of the molecule is Cc1nc(NN2CCOCC2)nc(NN2CCOCC2)c1Br. The molecule has 3 heterocycles. The van der Waals surface area contributed by atoms with Crippen LogP contribution in [0.1, 0.15) is 5.69 Å². The molecule has 22 heavy (non-hydrogen) atoms. The van der Waals surface area contributed by atoms with Crippen LogP contribution in [0.2, 0.25) is 0 Å². The molecule has 0 spiro atoms. The van der Waals surface area contributed by atoms with Crippen molar-refractivity contribution in [1.82, 2.24) is 20.0 Å². The number of rotatable bonds is 4. The van der Waals surface area contributed by atoms with Gasteiger partial charge in [-0.2, -0.15) is 4.98 Å². The Balaban J connectivity index is 1.70. The Morgan fingerprint density at radius 2 is 1.45 bits per heavy atom. The normalized spacial score (nSPS) is 20.8. The van der Waals surface area contributed by atoms with E-state index in [2.05, 4.69) is 46.8 Å². The maximum absolute atomic E-state index is 5.36. The summed E-state index contributed by atoms with van der Waals surface area (Å²) in [7, 11) is 0. The Labute approximate surface area is 138 Å². The molecule has 0 bridgehead atoms. The zero-order chi connectivity index (χ0) is 15.4. The molecular weight excluding hydrogens is 352 g/mol. The molecule has 2 aliphatic heterocycles. The number of morpholine rings is 2. The lowest BCUT2D eigenvalue weighted by molar-refractivity contribution is 0.0488. The molecule has 0 saturated carbocycles. The summed E-state index contributed by atoms with van der Waals surface area (Å²) in [5, 5.41) is 4.18. The van der Waals surface area contributed by atoms with Crippen LogP contribution in [0.25, 0.3) is 0 Å². The Morgan fingerprint density at radius 3 is 2.05 bits per heavy atom. The third kappa shape index (κ3) is 4.05. The molecule has 1 aromatic rings. The number of ether oxygens (including phenoxy) is 2. The van der Waals surface area contributed by atoms with Crippen LogP contribution < -0.4 is 10.9 Å². The summed E-state index contributed by atoms with van der Waals surface area (Å²) in [6, 6.07) is 0. The summed E-state index contributed by atoms with van der Waals surface area (Å²) in [6.45, 7) is 8.18. The first kappa shape index (κ1) is 15.9. The van der Waals surface area contributed by atoms with E-state index in [-0.39, 0.29) is 0 Å². The van der Waals surface area contributed by atoms with Crippen molar-refractivity contribution in [3.05, 3.63) is 10.2 Å². The summed E-state index contributed by atoms with van der Waals surface area (Å²) < 4.78 is 11.6. The first-order chi connectivity index (χ1) is 10.7. The molecule has 2 aliphatic rings. The average molecular weight is 373 g/mol. The molecule has 0 radical (unpaired) electrons. The van der Waals surface area contributed by atoms with Crippen LogP contribution in [0.4, 0.5) is 11.8 Å². The van der Waals surface area contributed by atoms with Crippen LogP contribution in [0.5, 0.6) is 0 Å². The van der Waals surface area contributed by atoms with Crippen molar-refractivity contribution in [2.45, 2.75) is 6.92 Å². The molecule has 122 valence electrons. The lowest BCUT2D eigenvalue weighted by atomic mass is 10.4. The van der Waals surface area contributed by atoms with Crippen LogP contribution in [0.15, 0.2) is 4.47 Å².